The molecule has 0 saturated heterocycles. The summed E-state index contributed by atoms with van der Waals surface area (Å²) in [4.78, 5) is 27.0. The number of ether oxygens (including phenoxy) is 1. The van der Waals surface area contributed by atoms with Gasteiger partial charge in [-0.25, -0.2) is 13.6 Å². The Hall–Kier alpha value is -2.70. The van der Waals surface area contributed by atoms with Crippen LogP contribution in [-0.2, 0) is 16.0 Å². The lowest BCUT2D eigenvalue weighted by Crippen LogP contribution is -2.14. The van der Waals surface area contributed by atoms with Crippen molar-refractivity contribution in [3.8, 4) is 0 Å². The first-order valence-electron chi connectivity index (χ1n) is 7.93. The molecule has 0 spiro atoms. The predicted octanol–water partition coefficient (Wildman–Crippen LogP) is 3.66. The second-order valence-corrected chi connectivity index (χ2v) is 5.62. The van der Waals surface area contributed by atoms with E-state index < -0.39 is 23.5 Å². The van der Waals surface area contributed by atoms with Gasteiger partial charge in [0.15, 0.2) is 0 Å². The van der Waals surface area contributed by atoms with Crippen molar-refractivity contribution in [3.63, 3.8) is 0 Å². The van der Waals surface area contributed by atoms with Crippen molar-refractivity contribution in [2.75, 3.05) is 11.9 Å². The number of aryl methyl sites for hydroxylation is 2. The maximum absolute atomic E-state index is 13.5. The van der Waals surface area contributed by atoms with Gasteiger partial charge in [-0.05, 0) is 44.9 Å². The molecule has 0 radical (unpaired) electrons. The van der Waals surface area contributed by atoms with Crippen LogP contribution in [0.5, 0.6) is 0 Å². The molecule has 0 unspecified atom stereocenters. The molecule has 1 amide bonds. The van der Waals surface area contributed by atoms with Crippen molar-refractivity contribution >= 4 is 17.6 Å². The maximum atomic E-state index is 13.5. The van der Waals surface area contributed by atoms with Crippen molar-refractivity contribution in [2.45, 2.75) is 33.6 Å². The average Bonchev–Trinajstić information content (AvgIpc) is 2.83. The van der Waals surface area contributed by atoms with E-state index in [-0.39, 0.29) is 18.7 Å². The fourth-order valence-corrected chi connectivity index (χ4v) is 2.62. The van der Waals surface area contributed by atoms with Crippen LogP contribution in [0.3, 0.4) is 0 Å². The summed E-state index contributed by atoms with van der Waals surface area (Å²) in [6.45, 7) is 5.53. The van der Waals surface area contributed by atoms with Crippen LogP contribution >= 0.6 is 0 Å². The number of hydrogen-bond acceptors (Lipinski definition) is 3. The monoisotopic (exact) mass is 350 g/mol. The third kappa shape index (κ3) is 4.43. The zero-order chi connectivity index (χ0) is 18.6. The second-order valence-electron chi connectivity index (χ2n) is 5.62. The number of hydrogen-bond donors (Lipinski definition) is 2. The number of aromatic amines is 1. The number of benzene rings is 1. The molecule has 0 bridgehead atoms. The number of carbonyl (C=O) groups excluding carboxylic acids is 2. The standard InChI is InChI=1S/C18H20F2N2O3/c1-4-25-18(24)17-10(2)14(21-11(17)3)7-8-16(23)22-15-9-12(19)5-6-13(15)20/h5-6,9,21H,4,7-8H2,1-3H3,(H,22,23). The van der Waals surface area contributed by atoms with Crippen LogP contribution in [0.15, 0.2) is 18.2 Å². The lowest BCUT2D eigenvalue weighted by Gasteiger charge is -2.07. The number of anilines is 1. The van der Waals surface area contributed by atoms with E-state index in [4.69, 9.17) is 4.74 Å². The Kier molecular flexibility index (Phi) is 5.90. The molecule has 2 N–H and O–H groups in total. The van der Waals surface area contributed by atoms with E-state index in [1.165, 1.54) is 0 Å². The van der Waals surface area contributed by atoms with E-state index in [9.17, 15) is 18.4 Å². The molecule has 5 nitrogen and oxygen atoms in total. The van der Waals surface area contributed by atoms with E-state index in [0.29, 0.717) is 17.7 Å². The second kappa shape index (κ2) is 7.92. The highest BCUT2D eigenvalue weighted by molar-refractivity contribution is 5.93. The van der Waals surface area contributed by atoms with Gasteiger partial charge >= 0.3 is 5.97 Å². The van der Waals surface area contributed by atoms with E-state index in [0.717, 1.165) is 29.5 Å². The van der Waals surface area contributed by atoms with Crippen molar-refractivity contribution < 1.29 is 23.1 Å². The van der Waals surface area contributed by atoms with E-state index in [1.54, 1.807) is 20.8 Å². The number of esters is 1. The first-order chi connectivity index (χ1) is 11.8. The minimum Gasteiger partial charge on any atom is -0.462 e. The summed E-state index contributed by atoms with van der Waals surface area (Å²) in [5, 5.41) is 2.35. The van der Waals surface area contributed by atoms with Gasteiger partial charge in [-0.1, -0.05) is 0 Å². The lowest BCUT2D eigenvalue weighted by atomic mass is 10.1. The average molecular weight is 350 g/mol. The largest absolute Gasteiger partial charge is 0.462 e. The minimum absolute atomic E-state index is 0.0546. The molecule has 0 aliphatic rings. The number of H-pyrrole nitrogens is 1. The minimum atomic E-state index is -0.703. The van der Waals surface area contributed by atoms with Crippen LogP contribution in [0, 0.1) is 25.5 Å². The number of rotatable bonds is 6. The van der Waals surface area contributed by atoms with Gasteiger partial charge in [0.25, 0.3) is 0 Å². The van der Waals surface area contributed by atoms with E-state index in [1.807, 2.05) is 0 Å². The molecule has 7 heteroatoms. The number of aromatic nitrogens is 1. The summed E-state index contributed by atoms with van der Waals surface area (Å²) >= 11 is 0. The third-order valence-electron chi connectivity index (χ3n) is 3.83. The Morgan fingerprint density at radius 2 is 1.96 bits per heavy atom. The zero-order valence-electron chi connectivity index (χ0n) is 14.3. The molecule has 25 heavy (non-hydrogen) atoms. The summed E-state index contributed by atoms with van der Waals surface area (Å²) in [6.07, 6.45) is 0.383. The molecular formula is C18H20F2N2O3. The molecule has 1 aromatic carbocycles. The van der Waals surface area contributed by atoms with Crippen LogP contribution in [0.4, 0.5) is 14.5 Å². The third-order valence-corrected chi connectivity index (χ3v) is 3.83. The Morgan fingerprint density at radius 1 is 1.24 bits per heavy atom. The zero-order valence-corrected chi connectivity index (χ0v) is 14.3. The van der Waals surface area contributed by atoms with Gasteiger partial charge in [-0.3, -0.25) is 4.79 Å². The summed E-state index contributed by atoms with van der Waals surface area (Å²) in [6, 6.07) is 2.86. The molecule has 0 atom stereocenters. The summed E-state index contributed by atoms with van der Waals surface area (Å²) in [5.74, 6) is -2.20. The molecule has 0 saturated carbocycles. The highest BCUT2D eigenvalue weighted by Gasteiger charge is 2.19. The van der Waals surface area contributed by atoms with Crippen molar-refractivity contribution in [2.24, 2.45) is 0 Å². The summed E-state index contributed by atoms with van der Waals surface area (Å²) in [5.41, 5.74) is 2.39. The molecule has 2 rings (SSSR count). The van der Waals surface area contributed by atoms with E-state index >= 15 is 0 Å². The fraction of sp³-hybridized carbons (Fsp3) is 0.333. The SMILES string of the molecule is CCOC(=O)c1c(C)[nH]c(CCC(=O)Nc2cc(F)ccc2F)c1C. The van der Waals surface area contributed by atoms with Crippen molar-refractivity contribution in [1.29, 1.82) is 0 Å². The molecular weight excluding hydrogens is 330 g/mol. The van der Waals surface area contributed by atoms with Crippen LogP contribution in [0.2, 0.25) is 0 Å². The molecule has 134 valence electrons. The van der Waals surface area contributed by atoms with Gasteiger partial charge in [-0.2, -0.15) is 0 Å². The quantitative estimate of drug-likeness (QED) is 0.781. The fourth-order valence-electron chi connectivity index (χ4n) is 2.62. The molecule has 0 aliphatic carbocycles. The van der Waals surface area contributed by atoms with Gasteiger partial charge < -0.3 is 15.0 Å². The molecule has 1 aromatic heterocycles. The first-order valence-corrected chi connectivity index (χ1v) is 7.93. The maximum Gasteiger partial charge on any atom is 0.340 e. The molecule has 1 heterocycles. The number of halogens is 2. The van der Waals surface area contributed by atoms with Gasteiger partial charge in [0.1, 0.15) is 11.6 Å². The highest BCUT2D eigenvalue weighted by Crippen LogP contribution is 2.21. The van der Waals surface area contributed by atoms with Gasteiger partial charge in [-0.15, -0.1) is 0 Å². The van der Waals surface area contributed by atoms with Crippen LogP contribution in [0.1, 0.15) is 40.7 Å². The molecule has 0 fully saturated rings. The van der Waals surface area contributed by atoms with Gasteiger partial charge in [0, 0.05) is 23.9 Å². The summed E-state index contributed by atoms with van der Waals surface area (Å²) < 4.78 is 31.7. The van der Waals surface area contributed by atoms with Gasteiger partial charge in [0.05, 0.1) is 17.9 Å². The Morgan fingerprint density at radius 3 is 2.64 bits per heavy atom. The Bertz CT molecular complexity index is 800. The van der Waals surface area contributed by atoms with Crippen LogP contribution < -0.4 is 5.32 Å². The topological polar surface area (TPSA) is 71.2 Å². The smallest absolute Gasteiger partial charge is 0.340 e. The van der Waals surface area contributed by atoms with E-state index in [2.05, 4.69) is 10.3 Å². The van der Waals surface area contributed by atoms with Gasteiger partial charge in [0.2, 0.25) is 5.91 Å². The molecule has 0 aliphatic heterocycles. The predicted molar refractivity (Wildman–Crippen MR) is 89.5 cm³/mol. The lowest BCUT2D eigenvalue weighted by molar-refractivity contribution is -0.116. The van der Waals surface area contributed by atoms with Crippen molar-refractivity contribution in [3.05, 3.63) is 52.3 Å². The highest BCUT2D eigenvalue weighted by atomic mass is 19.1. The number of nitrogens with one attached hydrogen (secondary N) is 2. The Labute approximate surface area is 144 Å². The van der Waals surface area contributed by atoms with Crippen LogP contribution in [0.25, 0.3) is 0 Å². The van der Waals surface area contributed by atoms with Crippen LogP contribution in [-0.4, -0.2) is 23.5 Å². The number of amides is 1. The number of carbonyl (C=O) groups is 2. The molecule has 2 aromatic rings. The summed E-state index contributed by atoms with van der Waals surface area (Å²) in [7, 11) is 0. The Balaban J connectivity index is 2.04. The van der Waals surface area contributed by atoms with Crippen molar-refractivity contribution in [1.82, 2.24) is 4.98 Å². The first kappa shape index (κ1) is 18.6. The normalized spacial score (nSPS) is 10.6.